The van der Waals surface area contributed by atoms with Crippen LogP contribution in [0.2, 0.25) is 0 Å². The van der Waals surface area contributed by atoms with Gasteiger partial charge in [-0.15, -0.1) is 0 Å². The van der Waals surface area contributed by atoms with Crippen LogP contribution in [0.25, 0.3) is 0 Å². The van der Waals surface area contributed by atoms with Gasteiger partial charge in [-0.25, -0.2) is 4.42 Å². The molecule has 0 unspecified atom stereocenters. The average Bonchev–Trinajstić information content (AvgIpc) is 1.80. The Kier molecular flexibility index (Phi) is 2.45. The molecule has 1 heterocycles. The van der Waals surface area contributed by atoms with Crippen LogP contribution in [0.3, 0.4) is 0 Å². The molecule has 72 valence electrons. The van der Waals surface area contributed by atoms with Gasteiger partial charge >= 0.3 is 0 Å². The SMILES string of the molecule is CC1(C)CC(O)CC(C)(C)N1Cl. The van der Waals surface area contributed by atoms with Crippen LogP contribution < -0.4 is 0 Å². The van der Waals surface area contributed by atoms with Gasteiger partial charge in [0.15, 0.2) is 0 Å². The molecule has 1 fully saturated rings. The highest BCUT2D eigenvalue weighted by molar-refractivity contribution is 6.14. The maximum Gasteiger partial charge on any atom is 0.0576 e. The second kappa shape index (κ2) is 2.86. The minimum Gasteiger partial charge on any atom is -0.393 e. The summed E-state index contributed by atoms with van der Waals surface area (Å²) >= 11 is 6.19. The quantitative estimate of drug-likeness (QED) is 0.594. The molecule has 12 heavy (non-hydrogen) atoms. The monoisotopic (exact) mass is 191 g/mol. The van der Waals surface area contributed by atoms with E-state index in [1.54, 1.807) is 0 Å². The Morgan fingerprint density at radius 2 is 1.50 bits per heavy atom. The number of hydrogen-bond acceptors (Lipinski definition) is 2. The van der Waals surface area contributed by atoms with Crippen molar-refractivity contribution < 1.29 is 5.11 Å². The first-order valence-corrected chi connectivity index (χ1v) is 4.74. The Morgan fingerprint density at radius 1 is 1.17 bits per heavy atom. The van der Waals surface area contributed by atoms with Crippen LogP contribution in [0.15, 0.2) is 0 Å². The lowest BCUT2D eigenvalue weighted by molar-refractivity contribution is -0.0255. The number of halogens is 1. The van der Waals surface area contributed by atoms with Crippen molar-refractivity contribution >= 4 is 11.8 Å². The number of hydrogen-bond donors (Lipinski definition) is 1. The maximum atomic E-state index is 9.61. The van der Waals surface area contributed by atoms with Crippen molar-refractivity contribution in [1.82, 2.24) is 4.42 Å². The topological polar surface area (TPSA) is 23.5 Å². The van der Waals surface area contributed by atoms with Crippen molar-refractivity contribution in [3.8, 4) is 0 Å². The van der Waals surface area contributed by atoms with Crippen LogP contribution >= 0.6 is 11.8 Å². The lowest BCUT2D eigenvalue weighted by Crippen LogP contribution is -2.57. The third-order valence-electron chi connectivity index (χ3n) is 2.53. The number of rotatable bonds is 0. The molecular formula is C9H18ClNO. The zero-order valence-electron chi connectivity index (χ0n) is 8.26. The number of aliphatic hydroxyl groups excluding tert-OH is 1. The Labute approximate surface area is 79.6 Å². The fourth-order valence-corrected chi connectivity index (χ4v) is 2.34. The van der Waals surface area contributed by atoms with E-state index in [4.69, 9.17) is 11.8 Å². The van der Waals surface area contributed by atoms with E-state index in [1.807, 2.05) is 4.42 Å². The van der Waals surface area contributed by atoms with Gasteiger partial charge in [0.1, 0.15) is 0 Å². The van der Waals surface area contributed by atoms with E-state index in [-0.39, 0.29) is 17.2 Å². The van der Waals surface area contributed by atoms with Crippen molar-refractivity contribution in [1.29, 1.82) is 0 Å². The molecule has 0 aliphatic carbocycles. The molecule has 0 bridgehead atoms. The number of aliphatic hydroxyl groups is 1. The van der Waals surface area contributed by atoms with Crippen LogP contribution in [-0.4, -0.2) is 26.7 Å². The summed E-state index contributed by atoms with van der Waals surface area (Å²) in [5, 5.41) is 9.61. The van der Waals surface area contributed by atoms with Crippen LogP contribution in [-0.2, 0) is 0 Å². The summed E-state index contributed by atoms with van der Waals surface area (Å²) in [4.78, 5) is 0. The molecular weight excluding hydrogens is 174 g/mol. The molecule has 0 saturated carbocycles. The van der Waals surface area contributed by atoms with Gasteiger partial charge in [-0.1, -0.05) is 0 Å². The Morgan fingerprint density at radius 3 is 1.83 bits per heavy atom. The Bertz CT molecular complexity index is 161. The van der Waals surface area contributed by atoms with E-state index >= 15 is 0 Å². The molecule has 1 aliphatic heterocycles. The van der Waals surface area contributed by atoms with Gasteiger partial charge in [0.25, 0.3) is 0 Å². The van der Waals surface area contributed by atoms with Crippen molar-refractivity contribution in [2.75, 3.05) is 0 Å². The lowest BCUT2D eigenvalue weighted by atomic mass is 9.81. The minimum atomic E-state index is -0.218. The van der Waals surface area contributed by atoms with Crippen LogP contribution in [0, 0.1) is 0 Å². The van der Waals surface area contributed by atoms with Crippen LogP contribution in [0.4, 0.5) is 0 Å². The van der Waals surface area contributed by atoms with E-state index in [9.17, 15) is 5.11 Å². The van der Waals surface area contributed by atoms with Crippen molar-refractivity contribution in [3.63, 3.8) is 0 Å². The van der Waals surface area contributed by atoms with Gasteiger partial charge in [0, 0.05) is 11.1 Å². The Balaban J connectivity index is 2.84. The minimum absolute atomic E-state index is 0.108. The highest BCUT2D eigenvalue weighted by Crippen LogP contribution is 2.39. The summed E-state index contributed by atoms with van der Waals surface area (Å²) in [5.41, 5.74) is -0.217. The summed E-state index contributed by atoms with van der Waals surface area (Å²) in [6.45, 7) is 8.24. The maximum absolute atomic E-state index is 9.61. The second-order valence-corrected chi connectivity index (χ2v) is 5.31. The second-order valence-electron chi connectivity index (χ2n) is 4.97. The standard InChI is InChI=1S/C9H18ClNO/c1-8(2)5-7(12)6-9(3,4)11(8)10/h7,12H,5-6H2,1-4H3. The van der Waals surface area contributed by atoms with Crippen LogP contribution in [0.5, 0.6) is 0 Å². The van der Waals surface area contributed by atoms with Gasteiger partial charge < -0.3 is 5.11 Å². The predicted molar refractivity (Wildman–Crippen MR) is 51.1 cm³/mol. The zero-order valence-corrected chi connectivity index (χ0v) is 9.02. The molecule has 1 N–H and O–H groups in total. The summed E-state index contributed by atoms with van der Waals surface area (Å²) < 4.78 is 1.84. The first kappa shape index (κ1) is 10.3. The molecule has 0 amide bonds. The number of piperidine rings is 1. The van der Waals surface area contributed by atoms with Gasteiger partial charge in [-0.3, -0.25) is 0 Å². The molecule has 0 aromatic heterocycles. The third-order valence-corrected chi connectivity index (χ3v) is 3.45. The highest BCUT2D eigenvalue weighted by Gasteiger charge is 2.44. The number of nitrogens with zero attached hydrogens (tertiary/aromatic N) is 1. The molecule has 1 rings (SSSR count). The highest BCUT2D eigenvalue weighted by atomic mass is 35.5. The normalized spacial score (nSPS) is 30.5. The third kappa shape index (κ3) is 1.76. The first-order valence-electron chi connectivity index (χ1n) is 4.40. The molecule has 1 saturated heterocycles. The Hall–Kier alpha value is 0.210. The van der Waals surface area contributed by atoms with E-state index in [1.165, 1.54) is 0 Å². The summed E-state index contributed by atoms with van der Waals surface area (Å²) in [6.07, 6.45) is 1.28. The molecule has 3 heteroatoms. The average molecular weight is 192 g/mol. The van der Waals surface area contributed by atoms with Crippen molar-refractivity contribution in [3.05, 3.63) is 0 Å². The molecule has 0 radical (unpaired) electrons. The molecule has 0 atom stereocenters. The summed E-state index contributed by atoms with van der Waals surface area (Å²) in [5.74, 6) is 0. The van der Waals surface area contributed by atoms with E-state index in [2.05, 4.69) is 27.7 Å². The fourth-order valence-electron chi connectivity index (χ4n) is 2.21. The smallest absolute Gasteiger partial charge is 0.0576 e. The first-order chi connectivity index (χ1) is 5.26. The van der Waals surface area contributed by atoms with Gasteiger partial charge in [-0.05, 0) is 52.3 Å². The van der Waals surface area contributed by atoms with Gasteiger partial charge in [0.05, 0.1) is 6.10 Å². The molecule has 2 nitrogen and oxygen atoms in total. The zero-order chi connectivity index (χ0) is 9.57. The molecule has 1 aliphatic rings. The largest absolute Gasteiger partial charge is 0.393 e. The van der Waals surface area contributed by atoms with E-state index in [0.29, 0.717) is 0 Å². The van der Waals surface area contributed by atoms with Crippen molar-refractivity contribution in [2.24, 2.45) is 0 Å². The molecule has 0 aromatic carbocycles. The van der Waals surface area contributed by atoms with E-state index in [0.717, 1.165) is 12.8 Å². The van der Waals surface area contributed by atoms with Crippen molar-refractivity contribution in [2.45, 2.75) is 57.7 Å². The summed E-state index contributed by atoms with van der Waals surface area (Å²) in [7, 11) is 0. The predicted octanol–water partition coefficient (Wildman–Crippen LogP) is 2.15. The van der Waals surface area contributed by atoms with Gasteiger partial charge in [0.2, 0.25) is 0 Å². The van der Waals surface area contributed by atoms with E-state index < -0.39 is 0 Å². The van der Waals surface area contributed by atoms with Gasteiger partial charge in [-0.2, -0.15) is 0 Å². The lowest BCUT2D eigenvalue weighted by Gasteiger charge is -2.50. The molecule has 0 spiro atoms. The summed E-state index contributed by atoms with van der Waals surface area (Å²) in [6, 6.07) is 0. The van der Waals surface area contributed by atoms with Crippen LogP contribution in [0.1, 0.15) is 40.5 Å². The fraction of sp³-hybridized carbons (Fsp3) is 1.00. The molecule has 0 aromatic rings.